The van der Waals surface area contributed by atoms with Crippen molar-refractivity contribution in [2.45, 2.75) is 25.8 Å². The van der Waals surface area contributed by atoms with Gasteiger partial charge in [0.15, 0.2) is 0 Å². The van der Waals surface area contributed by atoms with Crippen molar-refractivity contribution in [3.63, 3.8) is 0 Å². The lowest BCUT2D eigenvalue weighted by atomic mass is 10.1. The Bertz CT molecular complexity index is 962. The van der Waals surface area contributed by atoms with E-state index in [0.717, 1.165) is 18.9 Å². The average Bonchev–Trinajstić information content (AvgIpc) is 3.37. The molecule has 0 atom stereocenters. The van der Waals surface area contributed by atoms with Crippen LogP contribution in [0.5, 0.6) is 0 Å². The predicted octanol–water partition coefficient (Wildman–Crippen LogP) is 4.25. The van der Waals surface area contributed by atoms with Crippen LogP contribution in [-0.4, -0.2) is 17.1 Å². The number of pyridine rings is 1. The summed E-state index contributed by atoms with van der Waals surface area (Å²) in [5, 5.41) is 3.06. The molecule has 1 fully saturated rings. The van der Waals surface area contributed by atoms with E-state index in [1.54, 1.807) is 11.5 Å². The van der Waals surface area contributed by atoms with Crippen LogP contribution in [0.1, 0.15) is 36.2 Å². The molecule has 3 rings (SSSR count). The Kier molecular flexibility index (Phi) is 4.17. The van der Waals surface area contributed by atoms with Crippen molar-refractivity contribution in [3.8, 4) is 0 Å². The highest BCUT2D eigenvalue weighted by molar-refractivity contribution is 6.37. The van der Waals surface area contributed by atoms with Crippen molar-refractivity contribution >= 4 is 34.2 Å². The zero-order valence-corrected chi connectivity index (χ0v) is 13.4. The summed E-state index contributed by atoms with van der Waals surface area (Å²) < 4.78 is 20.7. The smallest absolute Gasteiger partial charge is 0.343 e. The summed E-state index contributed by atoms with van der Waals surface area (Å²) in [6.45, 7) is 1.74. The fourth-order valence-electron chi connectivity index (χ4n) is 2.56. The van der Waals surface area contributed by atoms with E-state index in [-0.39, 0.29) is 39.8 Å². The number of hydrogen-bond acceptors (Lipinski definition) is 4. The minimum Gasteiger partial charge on any atom is -0.462 e. The molecule has 1 aromatic heterocycles. The first-order valence-corrected chi connectivity index (χ1v) is 7.66. The lowest BCUT2D eigenvalue weighted by molar-refractivity contribution is 0.0524. The number of aromatic nitrogens is 1. The highest BCUT2D eigenvalue weighted by Crippen LogP contribution is 2.41. The number of ether oxygens (including phenoxy) is 1. The molecule has 9 heteroatoms. The standard InChI is InChI=1S/C15H12ClFN4O3/c1-2-24-15(23)9-6-21(7-3-4-7)13-8(14(9)22)5-10(17)12(11(13)16)19-20-18/h5-7H,2-4H2,1H3. The van der Waals surface area contributed by atoms with Gasteiger partial charge in [0.05, 0.1) is 28.2 Å². The van der Waals surface area contributed by atoms with E-state index in [4.69, 9.17) is 21.9 Å². The van der Waals surface area contributed by atoms with Gasteiger partial charge in [-0.3, -0.25) is 4.79 Å². The first-order chi connectivity index (χ1) is 11.5. The Morgan fingerprint density at radius 1 is 1.58 bits per heavy atom. The minimum absolute atomic E-state index is 0.0446. The van der Waals surface area contributed by atoms with E-state index in [0.29, 0.717) is 0 Å². The summed E-state index contributed by atoms with van der Waals surface area (Å²) in [5.41, 5.74) is 7.60. The van der Waals surface area contributed by atoms with Crippen LogP contribution in [0, 0.1) is 5.82 Å². The van der Waals surface area contributed by atoms with E-state index >= 15 is 0 Å². The minimum atomic E-state index is -0.925. The van der Waals surface area contributed by atoms with Crippen LogP contribution in [0.3, 0.4) is 0 Å². The van der Waals surface area contributed by atoms with Gasteiger partial charge in [0.2, 0.25) is 5.43 Å². The molecule has 1 saturated carbocycles. The van der Waals surface area contributed by atoms with E-state index in [1.807, 2.05) is 0 Å². The Labute approximate surface area is 140 Å². The fourth-order valence-corrected chi connectivity index (χ4v) is 2.89. The van der Waals surface area contributed by atoms with Gasteiger partial charge in [0, 0.05) is 17.2 Å². The summed E-state index contributed by atoms with van der Waals surface area (Å²) in [5.74, 6) is -1.69. The third-order valence-electron chi connectivity index (χ3n) is 3.76. The quantitative estimate of drug-likeness (QED) is 0.357. The Hall–Kier alpha value is -2.57. The second kappa shape index (κ2) is 6.14. The SMILES string of the molecule is CCOC(=O)c1cn(C2CC2)c2c(Cl)c(N=[N+]=[N-])c(F)cc2c1=O. The predicted molar refractivity (Wildman–Crippen MR) is 86.2 cm³/mol. The van der Waals surface area contributed by atoms with E-state index in [2.05, 4.69) is 10.0 Å². The molecule has 0 aliphatic heterocycles. The fraction of sp³-hybridized carbons (Fsp3) is 0.333. The summed E-state index contributed by atoms with van der Waals surface area (Å²) >= 11 is 6.19. The molecule has 0 spiro atoms. The second-order valence-corrected chi connectivity index (χ2v) is 5.72. The molecule has 0 radical (unpaired) electrons. The first kappa shape index (κ1) is 16.3. The van der Waals surface area contributed by atoms with Crippen LogP contribution < -0.4 is 5.43 Å². The molecule has 0 unspecified atom stereocenters. The summed E-state index contributed by atoms with van der Waals surface area (Å²) in [4.78, 5) is 27.1. The maximum Gasteiger partial charge on any atom is 0.343 e. The van der Waals surface area contributed by atoms with Crippen LogP contribution in [0.25, 0.3) is 21.3 Å². The highest BCUT2D eigenvalue weighted by Gasteiger charge is 2.29. The zero-order valence-electron chi connectivity index (χ0n) is 12.6. The molecule has 0 bridgehead atoms. The number of esters is 1. The lowest BCUT2D eigenvalue weighted by Gasteiger charge is -2.15. The van der Waals surface area contributed by atoms with Crippen molar-refractivity contribution in [1.29, 1.82) is 0 Å². The molecule has 1 aromatic carbocycles. The van der Waals surface area contributed by atoms with Crippen molar-refractivity contribution in [2.24, 2.45) is 5.11 Å². The van der Waals surface area contributed by atoms with Crippen molar-refractivity contribution in [2.75, 3.05) is 6.61 Å². The van der Waals surface area contributed by atoms with E-state index in [9.17, 15) is 14.0 Å². The normalized spacial score (nSPS) is 13.6. The van der Waals surface area contributed by atoms with Gasteiger partial charge in [-0.25, -0.2) is 9.18 Å². The molecule has 0 saturated heterocycles. The lowest BCUT2D eigenvalue weighted by Crippen LogP contribution is -2.21. The molecule has 124 valence electrons. The Morgan fingerprint density at radius 2 is 2.29 bits per heavy atom. The molecule has 24 heavy (non-hydrogen) atoms. The number of hydrogen-bond donors (Lipinski definition) is 0. The Morgan fingerprint density at radius 3 is 2.88 bits per heavy atom. The number of azide groups is 1. The number of benzene rings is 1. The summed E-state index contributed by atoms with van der Waals surface area (Å²) in [6, 6.07) is 0.984. The van der Waals surface area contributed by atoms with Crippen LogP contribution in [0.4, 0.5) is 10.1 Å². The molecule has 1 heterocycles. The molecule has 7 nitrogen and oxygen atoms in total. The van der Waals surface area contributed by atoms with E-state index < -0.39 is 17.2 Å². The molecule has 1 aliphatic carbocycles. The van der Waals surface area contributed by atoms with Gasteiger partial charge in [-0.15, -0.1) is 0 Å². The number of rotatable bonds is 4. The number of fused-ring (bicyclic) bond motifs is 1. The maximum absolute atomic E-state index is 14.2. The molecule has 0 amide bonds. The molecule has 1 aliphatic rings. The van der Waals surface area contributed by atoms with Gasteiger partial charge >= 0.3 is 5.97 Å². The van der Waals surface area contributed by atoms with Crippen molar-refractivity contribution in [3.05, 3.63) is 49.3 Å². The van der Waals surface area contributed by atoms with Crippen LogP contribution in [0.2, 0.25) is 5.02 Å². The van der Waals surface area contributed by atoms with Crippen molar-refractivity contribution < 1.29 is 13.9 Å². The molecule has 0 N–H and O–H groups in total. The maximum atomic E-state index is 14.2. The van der Waals surface area contributed by atoms with Gasteiger partial charge < -0.3 is 9.30 Å². The number of carbonyl (C=O) groups is 1. The molecule has 2 aromatic rings. The summed E-state index contributed by atoms with van der Waals surface area (Å²) in [6.07, 6.45) is 3.06. The second-order valence-electron chi connectivity index (χ2n) is 5.34. The number of halogens is 2. The largest absolute Gasteiger partial charge is 0.462 e. The van der Waals surface area contributed by atoms with Gasteiger partial charge in [-0.05, 0) is 31.4 Å². The van der Waals surface area contributed by atoms with E-state index in [1.165, 1.54) is 6.20 Å². The average molecular weight is 351 g/mol. The molecular weight excluding hydrogens is 339 g/mol. The van der Waals surface area contributed by atoms with Crippen LogP contribution >= 0.6 is 11.6 Å². The number of nitrogens with zero attached hydrogens (tertiary/aromatic N) is 4. The number of carbonyl (C=O) groups excluding carboxylic acids is 1. The summed E-state index contributed by atoms with van der Waals surface area (Å²) in [7, 11) is 0. The van der Waals surface area contributed by atoms with Crippen molar-refractivity contribution in [1.82, 2.24) is 4.57 Å². The third kappa shape index (κ3) is 2.60. The van der Waals surface area contributed by atoms with Crippen LogP contribution in [-0.2, 0) is 4.74 Å². The zero-order chi connectivity index (χ0) is 17.4. The van der Waals surface area contributed by atoms with Gasteiger partial charge in [-0.2, -0.15) is 0 Å². The Balaban J connectivity index is 2.41. The van der Waals surface area contributed by atoms with Crippen LogP contribution in [0.15, 0.2) is 22.2 Å². The monoisotopic (exact) mass is 350 g/mol. The van der Waals surface area contributed by atoms with Gasteiger partial charge in [0.25, 0.3) is 0 Å². The van der Waals surface area contributed by atoms with Gasteiger partial charge in [-0.1, -0.05) is 16.7 Å². The third-order valence-corrected chi connectivity index (χ3v) is 4.12. The topological polar surface area (TPSA) is 97.1 Å². The first-order valence-electron chi connectivity index (χ1n) is 7.28. The molecular formula is C15H12ClFN4O3. The van der Waals surface area contributed by atoms with Gasteiger partial charge in [0.1, 0.15) is 11.4 Å². The highest BCUT2D eigenvalue weighted by atomic mass is 35.5.